The standard InChI is InChI=1S/C11H10ClN3O.C10H8ClN3/c1-16-8-4-2-7(3-5-8)9-6-10(12)15-11(13)14-9;11-9-6-8(13-10(12)14-9)7-4-2-1-3-5-7/h2-6H,1H3,(H2,13,14,15);1-6H,(H2,12,13,14). The summed E-state index contributed by atoms with van der Waals surface area (Å²) in [6.07, 6.45) is 0. The van der Waals surface area contributed by atoms with Crippen LogP contribution in [0.15, 0.2) is 66.7 Å². The first-order chi connectivity index (χ1) is 14.4. The first kappa shape index (κ1) is 21.3. The second-order valence-electron chi connectivity index (χ2n) is 5.96. The maximum absolute atomic E-state index is 5.80. The average molecular weight is 441 g/mol. The van der Waals surface area contributed by atoms with Crippen molar-refractivity contribution in [2.45, 2.75) is 0 Å². The number of nitrogen functional groups attached to an aromatic ring is 2. The predicted molar refractivity (Wildman–Crippen MR) is 120 cm³/mol. The number of anilines is 2. The molecule has 7 nitrogen and oxygen atoms in total. The molecule has 0 aliphatic carbocycles. The molecule has 0 saturated carbocycles. The van der Waals surface area contributed by atoms with Crippen LogP contribution in [0.3, 0.4) is 0 Å². The number of nitrogens with zero attached hydrogens (tertiary/aromatic N) is 4. The van der Waals surface area contributed by atoms with Crippen molar-refractivity contribution in [1.82, 2.24) is 19.9 Å². The predicted octanol–water partition coefficient (Wildman–Crippen LogP) is 4.77. The smallest absolute Gasteiger partial charge is 0.221 e. The van der Waals surface area contributed by atoms with E-state index in [0.29, 0.717) is 16.0 Å². The number of hydrogen-bond donors (Lipinski definition) is 2. The third kappa shape index (κ3) is 5.79. The van der Waals surface area contributed by atoms with E-state index >= 15 is 0 Å². The van der Waals surface area contributed by atoms with Gasteiger partial charge in [0, 0.05) is 23.3 Å². The van der Waals surface area contributed by atoms with E-state index in [9.17, 15) is 0 Å². The SMILES string of the molecule is COc1ccc(-c2cc(Cl)nc(N)n2)cc1.Nc1nc(Cl)cc(-c2ccccc2)n1. The van der Waals surface area contributed by atoms with E-state index in [2.05, 4.69) is 19.9 Å². The Hall–Kier alpha value is -3.42. The summed E-state index contributed by atoms with van der Waals surface area (Å²) in [4.78, 5) is 15.8. The van der Waals surface area contributed by atoms with Gasteiger partial charge in [0.2, 0.25) is 11.9 Å². The van der Waals surface area contributed by atoms with Gasteiger partial charge in [0.05, 0.1) is 18.5 Å². The maximum Gasteiger partial charge on any atom is 0.221 e. The number of methoxy groups -OCH3 is 1. The molecule has 30 heavy (non-hydrogen) atoms. The molecule has 0 aliphatic heterocycles. The van der Waals surface area contributed by atoms with Crippen LogP contribution in [-0.2, 0) is 0 Å². The number of rotatable bonds is 3. The fourth-order valence-corrected chi connectivity index (χ4v) is 2.92. The summed E-state index contributed by atoms with van der Waals surface area (Å²) in [5, 5.41) is 0.690. The van der Waals surface area contributed by atoms with Crippen molar-refractivity contribution < 1.29 is 4.74 Å². The molecular weight excluding hydrogens is 423 g/mol. The highest BCUT2D eigenvalue weighted by Gasteiger charge is 2.04. The number of ether oxygens (including phenoxy) is 1. The largest absolute Gasteiger partial charge is 0.497 e. The van der Waals surface area contributed by atoms with Gasteiger partial charge in [-0.2, -0.15) is 0 Å². The van der Waals surface area contributed by atoms with Gasteiger partial charge in [-0.25, -0.2) is 19.9 Å². The van der Waals surface area contributed by atoms with Crippen molar-refractivity contribution in [2.24, 2.45) is 0 Å². The van der Waals surface area contributed by atoms with Crippen LogP contribution in [0.5, 0.6) is 5.75 Å². The zero-order valence-corrected chi connectivity index (χ0v) is 17.5. The van der Waals surface area contributed by atoms with Gasteiger partial charge in [0.25, 0.3) is 0 Å². The van der Waals surface area contributed by atoms with Crippen LogP contribution in [0.25, 0.3) is 22.5 Å². The maximum atomic E-state index is 5.80. The first-order valence-electron chi connectivity index (χ1n) is 8.74. The lowest BCUT2D eigenvalue weighted by Gasteiger charge is -2.04. The second-order valence-corrected chi connectivity index (χ2v) is 6.74. The molecule has 2 aromatic heterocycles. The Morgan fingerprint density at radius 2 is 1.13 bits per heavy atom. The van der Waals surface area contributed by atoms with Gasteiger partial charge in [0.1, 0.15) is 16.1 Å². The molecule has 0 radical (unpaired) electrons. The molecule has 0 unspecified atom stereocenters. The van der Waals surface area contributed by atoms with Gasteiger partial charge in [-0.15, -0.1) is 0 Å². The van der Waals surface area contributed by atoms with Gasteiger partial charge in [-0.05, 0) is 24.3 Å². The zero-order chi connectivity index (χ0) is 21.5. The highest BCUT2D eigenvalue weighted by molar-refractivity contribution is 6.30. The van der Waals surface area contributed by atoms with E-state index in [1.54, 1.807) is 19.2 Å². The minimum absolute atomic E-state index is 0.165. The van der Waals surface area contributed by atoms with Crippen LogP contribution >= 0.6 is 23.2 Å². The second kappa shape index (κ2) is 9.87. The molecule has 2 aromatic carbocycles. The van der Waals surface area contributed by atoms with Gasteiger partial charge in [0.15, 0.2) is 0 Å². The Labute approximate surface area is 183 Å². The van der Waals surface area contributed by atoms with Crippen LogP contribution in [-0.4, -0.2) is 27.0 Å². The Bertz CT molecular complexity index is 1080. The molecule has 0 spiro atoms. The lowest BCUT2D eigenvalue weighted by atomic mass is 10.1. The number of nitrogens with two attached hydrogens (primary N) is 2. The minimum Gasteiger partial charge on any atom is -0.497 e. The first-order valence-corrected chi connectivity index (χ1v) is 9.50. The monoisotopic (exact) mass is 440 g/mol. The third-order valence-electron chi connectivity index (χ3n) is 3.88. The molecule has 4 rings (SSSR count). The summed E-state index contributed by atoms with van der Waals surface area (Å²) in [7, 11) is 1.62. The highest BCUT2D eigenvalue weighted by atomic mass is 35.5. The van der Waals surface area contributed by atoms with Crippen molar-refractivity contribution in [3.8, 4) is 28.3 Å². The van der Waals surface area contributed by atoms with E-state index in [4.69, 9.17) is 39.4 Å². The van der Waals surface area contributed by atoms with E-state index < -0.39 is 0 Å². The van der Waals surface area contributed by atoms with Crippen LogP contribution in [0.1, 0.15) is 0 Å². The summed E-state index contributed by atoms with van der Waals surface area (Å²) in [6.45, 7) is 0. The molecule has 0 aliphatic rings. The normalized spacial score (nSPS) is 10.1. The van der Waals surface area contributed by atoms with Crippen molar-refractivity contribution in [3.05, 3.63) is 77.0 Å². The zero-order valence-electron chi connectivity index (χ0n) is 16.0. The number of benzene rings is 2. The average Bonchev–Trinajstić information content (AvgIpc) is 2.73. The number of aromatic nitrogens is 4. The summed E-state index contributed by atoms with van der Waals surface area (Å²) in [5.74, 6) is 1.14. The number of hydrogen-bond acceptors (Lipinski definition) is 7. The highest BCUT2D eigenvalue weighted by Crippen LogP contribution is 2.23. The molecular formula is C21H18Cl2N6O. The Morgan fingerprint density at radius 1 is 0.667 bits per heavy atom. The van der Waals surface area contributed by atoms with Crippen LogP contribution < -0.4 is 16.2 Å². The van der Waals surface area contributed by atoms with Gasteiger partial charge >= 0.3 is 0 Å². The lowest BCUT2D eigenvalue weighted by molar-refractivity contribution is 0.415. The third-order valence-corrected chi connectivity index (χ3v) is 4.27. The summed E-state index contributed by atoms with van der Waals surface area (Å²) < 4.78 is 5.07. The number of halogens is 2. The van der Waals surface area contributed by atoms with Crippen LogP contribution in [0.2, 0.25) is 10.3 Å². The molecule has 0 bridgehead atoms. The van der Waals surface area contributed by atoms with Crippen molar-refractivity contribution in [2.75, 3.05) is 18.6 Å². The van der Waals surface area contributed by atoms with Crippen LogP contribution in [0.4, 0.5) is 11.9 Å². The molecule has 4 aromatic rings. The van der Waals surface area contributed by atoms with Gasteiger partial charge in [-0.1, -0.05) is 53.5 Å². The van der Waals surface area contributed by atoms with Gasteiger partial charge in [-0.3, -0.25) is 0 Å². The molecule has 0 atom stereocenters. The van der Waals surface area contributed by atoms with E-state index in [0.717, 1.165) is 22.6 Å². The molecule has 0 saturated heterocycles. The Morgan fingerprint density at radius 3 is 1.57 bits per heavy atom. The minimum atomic E-state index is 0.165. The fourth-order valence-electron chi connectivity index (χ4n) is 2.54. The molecule has 9 heteroatoms. The summed E-state index contributed by atoms with van der Waals surface area (Å²) in [6, 6.07) is 20.5. The molecule has 0 amide bonds. The molecule has 152 valence electrons. The van der Waals surface area contributed by atoms with Crippen molar-refractivity contribution in [3.63, 3.8) is 0 Å². The van der Waals surface area contributed by atoms with Gasteiger partial charge < -0.3 is 16.2 Å². The van der Waals surface area contributed by atoms with Crippen molar-refractivity contribution >= 4 is 35.1 Å². The quantitative estimate of drug-likeness (QED) is 0.441. The summed E-state index contributed by atoms with van der Waals surface area (Å²) in [5.41, 5.74) is 14.3. The van der Waals surface area contributed by atoms with Crippen LogP contribution in [0, 0.1) is 0 Å². The summed E-state index contributed by atoms with van der Waals surface area (Å²) >= 11 is 11.6. The molecule has 0 fully saturated rings. The Balaban J connectivity index is 0.000000172. The van der Waals surface area contributed by atoms with E-state index in [1.807, 2.05) is 54.6 Å². The van der Waals surface area contributed by atoms with E-state index in [-0.39, 0.29) is 11.9 Å². The fraction of sp³-hybridized carbons (Fsp3) is 0.0476. The van der Waals surface area contributed by atoms with E-state index in [1.165, 1.54) is 0 Å². The topological polar surface area (TPSA) is 113 Å². The van der Waals surface area contributed by atoms with Crippen molar-refractivity contribution in [1.29, 1.82) is 0 Å². The Kier molecular flexibility index (Phi) is 7.00. The molecule has 2 heterocycles. The molecule has 4 N–H and O–H groups in total. The lowest BCUT2D eigenvalue weighted by Crippen LogP contribution is -1.96.